The van der Waals surface area contributed by atoms with Crippen molar-refractivity contribution in [2.75, 3.05) is 0 Å². The molecule has 2 aromatic carbocycles. The Hall–Kier alpha value is -2.02. The van der Waals surface area contributed by atoms with E-state index in [1.807, 2.05) is 0 Å². The van der Waals surface area contributed by atoms with Gasteiger partial charge in [0.25, 0.3) is 0 Å². The molecule has 0 spiro atoms. The van der Waals surface area contributed by atoms with Crippen molar-refractivity contribution in [3.8, 4) is 11.3 Å². The first kappa shape index (κ1) is 9.06. The number of hydrogen-bond donors (Lipinski definition) is 1. The van der Waals surface area contributed by atoms with E-state index in [0.717, 1.165) is 0 Å². The molecule has 1 heteroatoms. The molecule has 0 amide bonds. The molecule has 3 aromatic rings. The number of H-pyrrole nitrogens is 1. The number of hydrogen-bond acceptors (Lipinski definition) is 0. The molecule has 0 radical (unpaired) electrons. The van der Waals surface area contributed by atoms with Crippen molar-refractivity contribution in [3.63, 3.8) is 0 Å². The topological polar surface area (TPSA) is 15.8 Å². The average molecular weight is 219 g/mol. The molecule has 1 atom stereocenters. The van der Waals surface area contributed by atoms with Crippen LogP contribution in [0, 0.1) is 0 Å². The SMILES string of the molecule is CC1c2ccccc2-c2[nH]c3ccccc3c21. The molecule has 4 rings (SSSR count). The number of nitrogens with one attached hydrogen (secondary N) is 1. The van der Waals surface area contributed by atoms with E-state index in [1.165, 1.54) is 33.3 Å². The molecule has 1 aliphatic carbocycles. The molecule has 1 N–H and O–H groups in total. The fourth-order valence-electron chi connectivity index (χ4n) is 3.08. The van der Waals surface area contributed by atoms with Gasteiger partial charge in [-0.2, -0.15) is 0 Å². The average Bonchev–Trinajstić information content (AvgIpc) is 2.88. The van der Waals surface area contributed by atoms with Gasteiger partial charge in [0.15, 0.2) is 0 Å². The van der Waals surface area contributed by atoms with Gasteiger partial charge >= 0.3 is 0 Å². The van der Waals surface area contributed by atoms with Gasteiger partial charge in [0.1, 0.15) is 0 Å². The second-order valence-corrected chi connectivity index (χ2v) is 4.77. The van der Waals surface area contributed by atoms with Crippen molar-refractivity contribution >= 4 is 10.9 Å². The van der Waals surface area contributed by atoms with Crippen LogP contribution in [0.15, 0.2) is 48.5 Å². The van der Waals surface area contributed by atoms with Gasteiger partial charge in [-0.1, -0.05) is 49.4 Å². The van der Waals surface area contributed by atoms with Crippen molar-refractivity contribution in [2.45, 2.75) is 12.8 Å². The first-order valence-corrected chi connectivity index (χ1v) is 6.06. The van der Waals surface area contributed by atoms with E-state index in [-0.39, 0.29) is 0 Å². The molecule has 0 aliphatic heterocycles. The summed E-state index contributed by atoms with van der Waals surface area (Å²) in [5, 5.41) is 1.37. The number of para-hydroxylation sites is 1. The molecule has 1 heterocycles. The molecule has 17 heavy (non-hydrogen) atoms. The van der Waals surface area contributed by atoms with Gasteiger partial charge < -0.3 is 4.98 Å². The molecule has 1 aromatic heterocycles. The summed E-state index contributed by atoms with van der Waals surface area (Å²) in [6.07, 6.45) is 0. The Morgan fingerprint density at radius 2 is 1.71 bits per heavy atom. The third kappa shape index (κ3) is 1.04. The summed E-state index contributed by atoms with van der Waals surface area (Å²) in [6.45, 7) is 2.30. The summed E-state index contributed by atoms with van der Waals surface area (Å²) in [6, 6.07) is 17.3. The lowest BCUT2D eigenvalue weighted by Crippen LogP contribution is -1.88. The molecule has 0 saturated heterocycles. The number of aromatic amines is 1. The maximum atomic E-state index is 3.56. The van der Waals surface area contributed by atoms with Gasteiger partial charge in [0.2, 0.25) is 0 Å². The van der Waals surface area contributed by atoms with Crippen LogP contribution in [0.1, 0.15) is 24.0 Å². The van der Waals surface area contributed by atoms with Crippen molar-refractivity contribution in [1.82, 2.24) is 4.98 Å². The van der Waals surface area contributed by atoms with E-state index in [2.05, 4.69) is 60.4 Å². The molecule has 0 bridgehead atoms. The monoisotopic (exact) mass is 219 g/mol. The Bertz CT molecular complexity index is 721. The second-order valence-electron chi connectivity index (χ2n) is 4.77. The van der Waals surface area contributed by atoms with Crippen LogP contribution in [0.4, 0.5) is 0 Å². The van der Waals surface area contributed by atoms with Crippen LogP contribution in [0.5, 0.6) is 0 Å². The summed E-state index contributed by atoms with van der Waals surface area (Å²) < 4.78 is 0. The van der Waals surface area contributed by atoms with E-state index >= 15 is 0 Å². The van der Waals surface area contributed by atoms with Gasteiger partial charge in [0, 0.05) is 22.4 Å². The van der Waals surface area contributed by atoms with E-state index in [1.54, 1.807) is 0 Å². The Kier molecular flexibility index (Phi) is 1.60. The van der Waals surface area contributed by atoms with Gasteiger partial charge in [-0.05, 0) is 17.2 Å². The quantitative estimate of drug-likeness (QED) is 0.580. The number of benzene rings is 2. The van der Waals surface area contributed by atoms with Crippen LogP contribution in [-0.2, 0) is 0 Å². The molecular formula is C16H13N. The van der Waals surface area contributed by atoms with Crippen molar-refractivity contribution in [1.29, 1.82) is 0 Å². The van der Waals surface area contributed by atoms with Crippen LogP contribution < -0.4 is 0 Å². The summed E-state index contributed by atoms with van der Waals surface area (Å²) in [4.78, 5) is 3.56. The third-order valence-corrected chi connectivity index (χ3v) is 3.88. The first-order valence-electron chi connectivity index (χ1n) is 6.06. The van der Waals surface area contributed by atoms with Gasteiger partial charge in [-0.25, -0.2) is 0 Å². The number of fused-ring (bicyclic) bond motifs is 5. The Morgan fingerprint density at radius 1 is 0.941 bits per heavy atom. The van der Waals surface area contributed by atoms with Crippen molar-refractivity contribution < 1.29 is 0 Å². The summed E-state index contributed by atoms with van der Waals surface area (Å²) >= 11 is 0. The van der Waals surface area contributed by atoms with Crippen LogP contribution in [0.3, 0.4) is 0 Å². The van der Waals surface area contributed by atoms with E-state index < -0.39 is 0 Å². The zero-order valence-electron chi connectivity index (χ0n) is 9.70. The minimum Gasteiger partial charge on any atom is -0.354 e. The standard InChI is InChI=1S/C16H13N/c1-10-11-6-2-3-7-12(11)16-15(10)13-8-4-5-9-14(13)17-16/h2-10,17H,1H3. The van der Waals surface area contributed by atoms with E-state index in [9.17, 15) is 0 Å². The smallest absolute Gasteiger partial charge is 0.0506 e. The van der Waals surface area contributed by atoms with Gasteiger partial charge in [0.05, 0.1) is 5.69 Å². The lowest BCUT2D eigenvalue weighted by atomic mass is 9.97. The second kappa shape index (κ2) is 3.01. The molecule has 1 aliphatic rings. The molecule has 0 fully saturated rings. The predicted molar refractivity (Wildman–Crippen MR) is 71.3 cm³/mol. The molecule has 0 saturated carbocycles. The lowest BCUT2D eigenvalue weighted by molar-refractivity contribution is 0.968. The molecule has 82 valence electrons. The minimum absolute atomic E-state index is 0.498. The predicted octanol–water partition coefficient (Wildman–Crippen LogP) is 4.30. The normalized spacial score (nSPS) is 17.1. The zero-order chi connectivity index (χ0) is 11.4. The van der Waals surface area contributed by atoms with Crippen molar-refractivity contribution in [2.24, 2.45) is 0 Å². The number of rotatable bonds is 0. The highest BCUT2D eigenvalue weighted by atomic mass is 14.7. The highest BCUT2D eigenvalue weighted by Crippen LogP contribution is 2.47. The largest absolute Gasteiger partial charge is 0.354 e. The first-order chi connectivity index (χ1) is 8.36. The number of aromatic nitrogens is 1. The van der Waals surface area contributed by atoms with E-state index in [4.69, 9.17) is 0 Å². The maximum absolute atomic E-state index is 3.56. The highest BCUT2D eigenvalue weighted by molar-refractivity contribution is 5.95. The zero-order valence-corrected chi connectivity index (χ0v) is 9.70. The maximum Gasteiger partial charge on any atom is 0.0506 e. The Labute approximate surface area is 100 Å². The molecular weight excluding hydrogens is 206 g/mol. The van der Waals surface area contributed by atoms with Crippen LogP contribution in [0.25, 0.3) is 22.2 Å². The highest BCUT2D eigenvalue weighted by Gasteiger charge is 2.28. The summed E-state index contributed by atoms with van der Waals surface area (Å²) in [7, 11) is 0. The van der Waals surface area contributed by atoms with Crippen LogP contribution >= 0.6 is 0 Å². The Morgan fingerprint density at radius 3 is 2.65 bits per heavy atom. The van der Waals surface area contributed by atoms with Gasteiger partial charge in [-0.15, -0.1) is 0 Å². The van der Waals surface area contributed by atoms with Crippen molar-refractivity contribution in [3.05, 3.63) is 59.7 Å². The van der Waals surface area contributed by atoms with E-state index in [0.29, 0.717) is 5.92 Å². The summed E-state index contributed by atoms with van der Waals surface area (Å²) in [5.74, 6) is 0.498. The Balaban J connectivity index is 2.15. The fourth-order valence-corrected chi connectivity index (χ4v) is 3.08. The lowest BCUT2D eigenvalue weighted by Gasteiger charge is -2.06. The fraction of sp³-hybridized carbons (Fsp3) is 0.125. The van der Waals surface area contributed by atoms with Crippen LogP contribution in [0.2, 0.25) is 0 Å². The van der Waals surface area contributed by atoms with Crippen LogP contribution in [-0.4, -0.2) is 4.98 Å². The third-order valence-electron chi connectivity index (χ3n) is 3.88. The molecule has 1 nitrogen and oxygen atoms in total. The summed E-state index contributed by atoms with van der Waals surface area (Å²) in [5.41, 5.74) is 6.83. The minimum atomic E-state index is 0.498. The molecule has 1 unspecified atom stereocenters. The van der Waals surface area contributed by atoms with Gasteiger partial charge in [-0.3, -0.25) is 0 Å².